The van der Waals surface area contributed by atoms with E-state index in [0.29, 0.717) is 0 Å². The molecule has 32 heavy (non-hydrogen) atoms. The quantitative estimate of drug-likeness (QED) is 0.0962. The van der Waals surface area contributed by atoms with Crippen molar-refractivity contribution in [3.05, 3.63) is 11.8 Å². The fourth-order valence-electron chi connectivity index (χ4n) is 1.76. The molecule has 0 aliphatic heterocycles. The van der Waals surface area contributed by atoms with Gasteiger partial charge in [0.2, 0.25) is 6.41 Å². The molecule has 0 aliphatic carbocycles. The van der Waals surface area contributed by atoms with E-state index < -0.39 is 17.7 Å². The Bertz CT molecular complexity index is 599. The SMILES string of the molecule is C=[O+]C(=O)CC(=O)CCO.COC(OC)N(C)C.COCC(=O)/C(=C\N(C)C)C(=O)OC. The van der Waals surface area contributed by atoms with Crippen LogP contribution in [0.15, 0.2) is 11.8 Å². The average Bonchev–Trinajstić information content (AvgIpc) is 2.73. The second-order valence-electron chi connectivity index (χ2n) is 6.30. The van der Waals surface area contributed by atoms with E-state index in [0.717, 1.165) is 0 Å². The van der Waals surface area contributed by atoms with E-state index in [1.165, 1.54) is 20.4 Å². The summed E-state index contributed by atoms with van der Waals surface area (Å²) in [6.07, 6.45) is 0.891. The van der Waals surface area contributed by atoms with Crippen molar-refractivity contribution in [2.45, 2.75) is 19.3 Å². The largest absolute Gasteiger partial charge is 0.586 e. The van der Waals surface area contributed by atoms with Gasteiger partial charge in [-0.2, -0.15) is 0 Å². The minimum Gasteiger partial charge on any atom is -0.465 e. The second kappa shape index (κ2) is 21.7. The van der Waals surface area contributed by atoms with Gasteiger partial charge in [0.05, 0.1) is 7.11 Å². The molecule has 0 aromatic rings. The molecule has 0 saturated heterocycles. The first-order chi connectivity index (χ1) is 14.9. The smallest absolute Gasteiger partial charge is 0.465 e. The molecule has 0 bridgehead atoms. The highest BCUT2D eigenvalue weighted by molar-refractivity contribution is 6.17. The number of methoxy groups -OCH3 is 4. The highest BCUT2D eigenvalue weighted by Gasteiger charge is 2.19. The third-order valence-corrected chi connectivity index (χ3v) is 3.09. The van der Waals surface area contributed by atoms with Gasteiger partial charge in [-0.25, -0.2) is 4.79 Å². The lowest BCUT2D eigenvalue weighted by molar-refractivity contribution is -0.367. The van der Waals surface area contributed by atoms with Gasteiger partial charge >= 0.3 is 11.9 Å². The number of carbonyl (C=O) groups excluding carboxylic acids is 5. The van der Waals surface area contributed by atoms with Crippen LogP contribution in [0.1, 0.15) is 12.8 Å². The highest BCUT2D eigenvalue weighted by Crippen LogP contribution is 2.01. The van der Waals surface area contributed by atoms with Crippen molar-refractivity contribution in [1.29, 1.82) is 0 Å². The zero-order valence-electron chi connectivity index (χ0n) is 20.2. The van der Waals surface area contributed by atoms with Crippen LogP contribution in [-0.2, 0) is 42.6 Å². The number of Topliss-reactive ketones (excluding diaryl/α,β-unsaturated/α-hetero) is 2. The minimum absolute atomic E-state index is 0.00486. The third kappa shape index (κ3) is 19.5. The summed E-state index contributed by atoms with van der Waals surface area (Å²) in [7, 11) is 13.0. The lowest BCUT2D eigenvalue weighted by Crippen LogP contribution is -2.30. The maximum atomic E-state index is 11.4. The van der Waals surface area contributed by atoms with Gasteiger partial charge in [-0.3, -0.25) is 18.9 Å². The van der Waals surface area contributed by atoms with Crippen LogP contribution in [0, 0.1) is 0 Å². The lowest BCUT2D eigenvalue weighted by atomic mass is 10.2. The number of ketones is 2. The first-order valence-electron chi connectivity index (χ1n) is 9.23. The van der Waals surface area contributed by atoms with E-state index in [1.54, 1.807) is 33.2 Å². The fraction of sp³-hybridized carbons (Fsp3) is 0.650. The van der Waals surface area contributed by atoms with Crippen LogP contribution in [0.3, 0.4) is 0 Å². The molecule has 12 nitrogen and oxygen atoms in total. The van der Waals surface area contributed by atoms with Crippen LogP contribution in [0.25, 0.3) is 0 Å². The van der Waals surface area contributed by atoms with Crippen LogP contribution in [0.4, 0.5) is 0 Å². The topological polar surface area (TPSA) is 143 Å². The molecule has 0 saturated carbocycles. The Morgan fingerprint density at radius 2 is 1.56 bits per heavy atom. The molecule has 0 heterocycles. The molecule has 0 atom stereocenters. The predicted molar refractivity (Wildman–Crippen MR) is 116 cm³/mol. The van der Waals surface area contributed by atoms with Crippen molar-refractivity contribution >= 4 is 30.3 Å². The summed E-state index contributed by atoms with van der Waals surface area (Å²) in [6.45, 7) is 2.47. The van der Waals surface area contributed by atoms with Gasteiger partial charge in [0.25, 0.3) is 0 Å². The van der Waals surface area contributed by atoms with Crippen LogP contribution in [-0.4, -0.2) is 121 Å². The van der Waals surface area contributed by atoms with Gasteiger partial charge < -0.3 is 29.0 Å². The zero-order chi connectivity index (χ0) is 25.7. The van der Waals surface area contributed by atoms with E-state index in [-0.39, 0.29) is 43.8 Å². The fourth-order valence-corrected chi connectivity index (χ4v) is 1.76. The molecule has 0 aliphatic rings. The lowest BCUT2D eigenvalue weighted by Gasteiger charge is -2.19. The summed E-state index contributed by atoms with van der Waals surface area (Å²) in [5.74, 6) is -2.05. The van der Waals surface area contributed by atoms with Crippen LogP contribution in [0.2, 0.25) is 0 Å². The average molecular weight is 466 g/mol. The first-order valence-corrected chi connectivity index (χ1v) is 9.23. The van der Waals surface area contributed by atoms with E-state index in [9.17, 15) is 19.2 Å². The Balaban J connectivity index is -0.000000413. The minimum atomic E-state index is -0.668. The van der Waals surface area contributed by atoms with E-state index in [4.69, 9.17) is 14.6 Å². The first kappa shape index (κ1) is 34.1. The highest BCUT2D eigenvalue weighted by atomic mass is 16.7. The number of ether oxygens (including phenoxy) is 4. The Kier molecular flexibility index (Phi) is 23.1. The maximum absolute atomic E-state index is 11.4. The number of rotatable bonds is 12. The van der Waals surface area contributed by atoms with Crippen molar-refractivity contribution in [2.75, 3.05) is 69.8 Å². The third-order valence-electron chi connectivity index (χ3n) is 3.09. The standard InChI is InChI=1S/C9H15NO4.C6H9O4.C5H13NO2/c1-10(2)5-7(9(12)14-4)8(11)6-13-3;1-10-6(9)4-5(8)2-3-7;1-6(2)5(7-3)8-4/h5H,6H2,1-4H3;7H,1-4H2;5H,1-4H3/q;+1;/b7-5+;;. The molecule has 0 aromatic heterocycles. The van der Waals surface area contributed by atoms with Crippen LogP contribution >= 0.6 is 0 Å². The monoisotopic (exact) mass is 465 g/mol. The Labute approximate surface area is 189 Å². The molecule has 0 unspecified atom stereocenters. The van der Waals surface area contributed by atoms with Crippen molar-refractivity contribution in [1.82, 2.24) is 9.80 Å². The number of aliphatic hydroxyl groups excluding tert-OH is 1. The molecule has 186 valence electrons. The van der Waals surface area contributed by atoms with Crippen molar-refractivity contribution < 1.29 is 47.7 Å². The van der Waals surface area contributed by atoms with Gasteiger partial charge in [-0.15, -0.1) is 0 Å². The van der Waals surface area contributed by atoms with Gasteiger partial charge in [0, 0.05) is 59.4 Å². The van der Waals surface area contributed by atoms with Crippen molar-refractivity contribution in [3.8, 4) is 0 Å². The molecular weight excluding hydrogens is 428 g/mol. The van der Waals surface area contributed by atoms with Gasteiger partial charge in [0.15, 0.2) is 24.8 Å². The molecule has 0 spiro atoms. The predicted octanol–water partition coefficient (Wildman–Crippen LogP) is -0.836. The Morgan fingerprint density at radius 3 is 1.84 bits per heavy atom. The number of hydrogen-bond donors (Lipinski definition) is 1. The van der Waals surface area contributed by atoms with E-state index >= 15 is 0 Å². The number of nitrogens with zero attached hydrogens (tertiary/aromatic N) is 2. The molecular formula is C20H37N2O10+. The molecule has 0 fully saturated rings. The summed E-state index contributed by atoms with van der Waals surface area (Å²) < 4.78 is 22.8. The van der Waals surface area contributed by atoms with Crippen molar-refractivity contribution in [2.24, 2.45) is 0 Å². The normalized spacial score (nSPS) is 10.4. The van der Waals surface area contributed by atoms with Gasteiger partial charge in [-0.05, 0) is 14.1 Å². The summed E-state index contributed by atoms with van der Waals surface area (Å²) in [6, 6.07) is 0. The number of carbonyl (C=O) groups is 4. The summed E-state index contributed by atoms with van der Waals surface area (Å²) in [5, 5.41) is 8.23. The molecule has 0 aromatic carbocycles. The van der Waals surface area contributed by atoms with E-state index in [2.05, 4.69) is 20.7 Å². The zero-order valence-corrected chi connectivity index (χ0v) is 20.2. The Morgan fingerprint density at radius 1 is 1.03 bits per heavy atom. The van der Waals surface area contributed by atoms with Crippen LogP contribution < -0.4 is 0 Å². The summed E-state index contributed by atoms with van der Waals surface area (Å²) in [4.78, 5) is 46.8. The molecule has 1 N–H and O–H groups in total. The molecule has 0 amide bonds. The number of hydrogen-bond acceptors (Lipinski definition) is 11. The van der Waals surface area contributed by atoms with Crippen LogP contribution in [0.5, 0.6) is 0 Å². The van der Waals surface area contributed by atoms with Crippen molar-refractivity contribution in [3.63, 3.8) is 0 Å². The summed E-state index contributed by atoms with van der Waals surface area (Å²) >= 11 is 0. The van der Waals surface area contributed by atoms with E-state index in [1.807, 2.05) is 19.0 Å². The Hall–Kier alpha value is -2.51. The number of esters is 1. The second-order valence-corrected chi connectivity index (χ2v) is 6.30. The maximum Gasteiger partial charge on any atom is 0.586 e. The number of aliphatic hydroxyl groups is 1. The summed E-state index contributed by atoms with van der Waals surface area (Å²) in [5.41, 5.74) is -0.0145. The molecule has 12 heteroatoms. The van der Waals surface area contributed by atoms with Gasteiger partial charge in [-0.1, -0.05) is 0 Å². The molecule has 0 rings (SSSR count). The van der Waals surface area contributed by atoms with Gasteiger partial charge in [0.1, 0.15) is 12.2 Å². The molecule has 0 radical (unpaired) electrons.